The molecule has 0 radical (unpaired) electrons. The van der Waals surface area contributed by atoms with Gasteiger partial charge in [0.2, 0.25) is 0 Å². The standard InChI is InChI=1S/C26H25ClF2N2O2/c1-2-31(26(32)33-21-11-9-20(28)10-12-21)25-17-30(15-18-6-4-3-5-7-18)16-22(25)19-8-13-23(27)24(29)14-19/h3-14,22,25H,2,15-17H2,1H3/t22-,25+/m0/s1. The molecule has 0 spiro atoms. The second-order valence-electron chi connectivity index (χ2n) is 8.13. The van der Waals surface area contributed by atoms with Crippen LogP contribution in [0.2, 0.25) is 5.02 Å². The summed E-state index contributed by atoms with van der Waals surface area (Å²) < 4.78 is 33.0. The molecule has 1 amide bonds. The van der Waals surface area contributed by atoms with E-state index in [0.29, 0.717) is 26.2 Å². The maximum absolute atomic E-state index is 14.3. The van der Waals surface area contributed by atoms with Crippen molar-refractivity contribution in [2.24, 2.45) is 0 Å². The van der Waals surface area contributed by atoms with Crippen LogP contribution in [0.1, 0.15) is 24.0 Å². The Morgan fingerprint density at radius 2 is 1.79 bits per heavy atom. The molecule has 33 heavy (non-hydrogen) atoms. The monoisotopic (exact) mass is 470 g/mol. The van der Waals surface area contributed by atoms with Crippen LogP contribution in [0.4, 0.5) is 13.6 Å². The van der Waals surface area contributed by atoms with Gasteiger partial charge in [-0.1, -0.05) is 48.0 Å². The van der Waals surface area contributed by atoms with Crippen LogP contribution in [0, 0.1) is 11.6 Å². The van der Waals surface area contributed by atoms with Gasteiger partial charge in [0.15, 0.2) is 0 Å². The van der Waals surface area contributed by atoms with Crippen LogP contribution in [0.25, 0.3) is 0 Å². The number of hydrogen-bond acceptors (Lipinski definition) is 3. The molecule has 1 saturated heterocycles. The van der Waals surface area contributed by atoms with Gasteiger partial charge in [-0.25, -0.2) is 13.6 Å². The van der Waals surface area contributed by atoms with Crippen molar-refractivity contribution in [2.75, 3.05) is 19.6 Å². The Morgan fingerprint density at radius 3 is 2.45 bits per heavy atom. The van der Waals surface area contributed by atoms with E-state index in [2.05, 4.69) is 17.0 Å². The molecule has 172 valence electrons. The first-order chi connectivity index (χ1) is 15.9. The molecule has 0 unspecified atom stereocenters. The number of ether oxygens (including phenoxy) is 1. The Bertz CT molecular complexity index is 1100. The molecular formula is C26H25ClF2N2O2. The minimum atomic E-state index is -0.518. The number of rotatable bonds is 6. The van der Waals surface area contributed by atoms with Gasteiger partial charge in [0.1, 0.15) is 17.4 Å². The van der Waals surface area contributed by atoms with Crippen LogP contribution >= 0.6 is 11.6 Å². The van der Waals surface area contributed by atoms with Crippen molar-refractivity contribution in [1.29, 1.82) is 0 Å². The lowest BCUT2D eigenvalue weighted by Gasteiger charge is -2.31. The van der Waals surface area contributed by atoms with Crippen LogP contribution in [0.3, 0.4) is 0 Å². The third kappa shape index (κ3) is 5.52. The van der Waals surface area contributed by atoms with Crippen molar-refractivity contribution >= 4 is 17.7 Å². The zero-order chi connectivity index (χ0) is 23.4. The Balaban J connectivity index is 1.59. The summed E-state index contributed by atoms with van der Waals surface area (Å²) in [5, 5.41) is 0.0671. The molecule has 3 aromatic carbocycles. The Hall–Kier alpha value is -2.96. The van der Waals surface area contributed by atoms with E-state index in [1.165, 1.54) is 30.3 Å². The molecule has 1 heterocycles. The second kappa shape index (κ2) is 10.3. The lowest BCUT2D eigenvalue weighted by Crippen LogP contribution is -2.45. The quantitative estimate of drug-likeness (QED) is 0.436. The average Bonchev–Trinajstić information content (AvgIpc) is 3.21. The lowest BCUT2D eigenvalue weighted by atomic mass is 9.93. The fourth-order valence-electron chi connectivity index (χ4n) is 4.38. The lowest BCUT2D eigenvalue weighted by molar-refractivity contribution is 0.131. The SMILES string of the molecule is CCN(C(=O)Oc1ccc(F)cc1)[C@@H]1CN(Cc2ccccc2)C[C@H]1c1ccc(Cl)c(F)c1. The number of carbonyl (C=O) groups is 1. The van der Waals surface area contributed by atoms with Crippen LogP contribution in [0.15, 0.2) is 72.8 Å². The fraction of sp³-hybridized carbons (Fsp3) is 0.269. The van der Waals surface area contributed by atoms with E-state index in [1.54, 1.807) is 11.0 Å². The van der Waals surface area contributed by atoms with Crippen LogP contribution < -0.4 is 4.74 Å². The van der Waals surface area contributed by atoms with Crippen molar-refractivity contribution in [3.05, 3.63) is 101 Å². The number of amides is 1. The smallest absolute Gasteiger partial charge is 0.410 e. The fourth-order valence-corrected chi connectivity index (χ4v) is 4.50. The summed E-state index contributed by atoms with van der Waals surface area (Å²) in [5.41, 5.74) is 1.95. The third-order valence-corrected chi connectivity index (χ3v) is 6.29. The molecule has 1 aliphatic rings. The summed E-state index contributed by atoms with van der Waals surface area (Å²) in [4.78, 5) is 17.0. The predicted molar refractivity (Wildman–Crippen MR) is 124 cm³/mol. The predicted octanol–water partition coefficient (Wildman–Crippen LogP) is 6.11. The highest BCUT2D eigenvalue weighted by Crippen LogP contribution is 2.34. The topological polar surface area (TPSA) is 32.8 Å². The van der Waals surface area contributed by atoms with Crippen LogP contribution in [-0.4, -0.2) is 41.6 Å². The van der Waals surface area contributed by atoms with Gasteiger partial charge in [0.25, 0.3) is 0 Å². The number of halogens is 3. The summed E-state index contributed by atoms with van der Waals surface area (Å²) in [6.07, 6.45) is -0.518. The van der Waals surface area contributed by atoms with E-state index in [4.69, 9.17) is 16.3 Å². The summed E-state index contributed by atoms with van der Waals surface area (Å²) in [7, 11) is 0. The Morgan fingerprint density at radius 1 is 1.06 bits per heavy atom. The van der Waals surface area contributed by atoms with Gasteiger partial charge in [-0.15, -0.1) is 0 Å². The molecule has 4 rings (SSSR count). The van der Waals surface area contributed by atoms with E-state index in [1.807, 2.05) is 31.2 Å². The maximum Gasteiger partial charge on any atom is 0.415 e. The van der Waals surface area contributed by atoms with E-state index in [9.17, 15) is 13.6 Å². The molecule has 1 fully saturated rings. The number of benzene rings is 3. The van der Waals surface area contributed by atoms with Gasteiger partial charge in [-0.05, 0) is 54.4 Å². The molecule has 0 bridgehead atoms. The minimum absolute atomic E-state index is 0.0671. The summed E-state index contributed by atoms with van der Waals surface area (Å²) in [5.74, 6) is -0.736. The van der Waals surface area contributed by atoms with Gasteiger partial charge in [0, 0.05) is 32.1 Å². The van der Waals surface area contributed by atoms with E-state index < -0.39 is 17.7 Å². The second-order valence-corrected chi connectivity index (χ2v) is 8.54. The van der Waals surface area contributed by atoms with Crippen molar-refractivity contribution in [3.63, 3.8) is 0 Å². The van der Waals surface area contributed by atoms with Crippen LogP contribution in [-0.2, 0) is 6.54 Å². The number of likely N-dealkylation sites (tertiary alicyclic amines) is 1. The molecule has 1 aliphatic heterocycles. The first-order valence-corrected chi connectivity index (χ1v) is 11.3. The highest BCUT2D eigenvalue weighted by Gasteiger charge is 2.40. The van der Waals surface area contributed by atoms with Crippen molar-refractivity contribution in [2.45, 2.75) is 25.4 Å². The number of nitrogens with zero attached hydrogens (tertiary/aromatic N) is 2. The minimum Gasteiger partial charge on any atom is -0.410 e. The summed E-state index contributed by atoms with van der Waals surface area (Å²) in [6, 6.07) is 20.0. The number of likely N-dealkylation sites (N-methyl/N-ethyl adjacent to an activating group) is 1. The molecule has 3 aromatic rings. The van der Waals surface area contributed by atoms with Crippen molar-refractivity contribution in [3.8, 4) is 5.75 Å². The molecule has 4 nitrogen and oxygen atoms in total. The maximum atomic E-state index is 14.3. The normalized spacial score (nSPS) is 18.3. The van der Waals surface area contributed by atoms with Gasteiger partial charge >= 0.3 is 6.09 Å². The zero-order valence-corrected chi connectivity index (χ0v) is 19.0. The van der Waals surface area contributed by atoms with E-state index in [-0.39, 0.29) is 22.7 Å². The van der Waals surface area contributed by atoms with Crippen LogP contribution in [0.5, 0.6) is 5.75 Å². The molecule has 0 N–H and O–H groups in total. The third-order valence-electron chi connectivity index (χ3n) is 5.98. The largest absolute Gasteiger partial charge is 0.415 e. The Kier molecular flexibility index (Phi) is 7.26. The van der Waals surface area contributed by atoms with Gasteiger partial charge in [-0.3, -0.25) is 4.90 Å². The summed E-state index contributed by atoms with van der Waals surface area (Å²) in [6.45, 7) is 4.27. The van der Waals surface area contributed by atoms with E-state index in [0.717, 1.165) is 11.1 Å². The van der Waals surface area contributed by atoms with E-state index >= 15 is 0 Å². The Labute approximate surface area is 197 Å². The number of carbonyl (C=O) groups excluding carboxylic acids is 1. The highest BCUT2D eigenvalue weighted by molar-refractivity contribution is 6.30. The molecule has 7 heteroatoms. The van der Waals surface area contributed by atoms with Gasteiger partial charge in [-0.2, -0.15) is 0 Å². The van der Waals surface area contributed by atoms with Gasteiger partial charge in [0.05, 0.1) is 11.1 Å². The molecule has 0 aliphatic carbocycles. The van der Waals surface area contributed by atoms with Crippen molar-refractivity contribution in [1.82, 2.24) is 9.80 Å². The molecule has 2 atom stereocenters. The molecular weight excluding hydrogens is 446 g/mol. The van der Waals surface area contributed by atoms with Gasteiger partial charge < -0.3 is 9.64 Å². The first kappa shape index (κ1) is 23.2. The molecule has 0 aromatic heterocycles. The zero-order valence-electron chi connectivity index (χ0n) is 18.3. The first-order valence-electron chi connectivity index (χ1n) is 10.9. The van der Waals surface area contributed by atoms with Crippen molar-refractivity contribution < 1.29 is 18.3 Å². The highest BCUT2D eigenvalue weighted by atomic mass is 35.5. The number of hydrogen-bond donors (Lipinski definition) is 0. The average molecular weight is 471 g/mol. The molecule has 0 saturated carbocycles. The summed E-state index contributed by atoms with van der Waals surface area (Å²) >= 11 is 5.90.